The Hall–Kier alpha value is -0.850. The van der Waals surface area contributed by atoms with Gasteiger partial charge in [-0.3, -0.25) is 0 Å². The Morgan fingerprint density at radius 1 is 1.21 bits per heavy atom. The molecule has 0 amide bonds. The van der Waals surface area contributed by atoms with Crippen LogP contribution in [0, 0.1) is 3.57 Å². The molecule has 0 unspecified atom stereocenters. The van der Waals surface area contributed by atoms with E-state index in [4.69, 9.17) is 34.3 Å². The maximum absolute atomic E-state index is 6.08. The van der Waals surface area contributed by atoms with Crippen LogP contribution in [0.5, 0.6) is 5.75 Å². The Labute approximate surface area is 136 Å². The van der Waals surface area contributed by atoms with Crippen molar-refractivity contribution >= 4 is 51.4 Å². The Morgan fingerprint density at radius 2 is 1.89 bits per heavy atom. The van der Waals surface area contributed by atoms with Crippen molar-refractivity contribution in [3.63, 3.8) is 0 Å². The highest BCUT2D eigenvalue weighted by Crippen LogP contribution is 2.27. The fourth-order valence-electron chi connectivity index (χ4n) is 1.61. The second-order valence-corrected chi connectivity index (χ2v) is 5.99. The molecule has 2 aromatic rings. The van der Waals surface area contributed by atoms with Gasteiger partial charge in [-0.15, -0.1) is 0 Å². The molecule has 2 nitrogen and oxygen atoms in total. The minimum absolute atomic E-state index is 0.239. The van der Waals surface area contributed by atoms with Crippen molar-refractivity contribution in [2.75, 3.05) is 0 Å². The number of benzene rings is 2. The fraction of sp³-hybridized carbons (Fsp3) is 0.0714. The largest absolute Gasteiger partial charge is 0.488 e. The van der Waals surface area contributed by atoms with Crippen molar-refractivity contribution in [2.45, 2.75) is 6.61 Å². The number of ether oxygens (including phenoxy) is 1. The predicted octanol–water partition coefficient (Wildman–Crippen LogP) is 4.16. The number of thiocarbonyl (C=S) groups is 1. The average molecular weight is 404 g/mol. The van der Waals surface area contributed by atoms with Gasteiger partial charge in [-0.05, 0) is 52.4 Å². The van der Waals surface area contributed by atoms with Gasteiger partial charge in [-0.1, -0.05) is 42.0 Å². The summed E-state index contributed by atoms with van der Waals surface area (Å²) in [6.45, 7) is 0.451. The number of rotatable bonds is 4. The van der Waals surface area contributed by atoms with Crippen LogP contribution >= 0.6 is 46.4 Å². The second kappa shape index (κ2) is 6.54. The van der Waals surface area contributed by atoms with Gasteiger partial charge in [0.2, 0.25) is 0 Å². The van der Waals surface area contributed by atoms with E-state index >= 15 is 0 Å². The first-order chi connectivity index (χ1) is 9.08. The smallest absolute Gasteiger partial charge is 0.131 e. The lowest BCUT2D eigenvalue weighted by Crippen LogP contribution is -2.12. The van der Waals surface area contributed by atoms with Crippen LogP contribution in [0.2, 0.25) is 5.02 Å². The minimum Gasteiger partial charge on any atom is -0.488 e. The molecule has 0 spiro atoms. The molecule has 0 aliphatic rings. The predicted molar refractivity (Wildman–Crippen MR) is 90.8 cm³/mol. The van der Waals surface area contributed by atoms with Crippen LogP contribution in [0.25, 0.3) is 0 Å². The first kappa shape index (κ1) is 14.6. The van der Waals surface area contributed by atoms with Gasteiger partial charge in [-0.2, -0.15) is 0 Å². The zero-order valence-electron chi connectivity index (χ0n) is 9.90. The van der Waals surface area contributed by atoms with E-state index in [1.807, 2.05) is 36.4 Å². The van der Waals surface area contributed by atoms with Crippen LogP contribution in [0.3, 0.4) is 0 Å². The lowest BCUT2D eigenvalue weighted by atomic mass is 10.2. The van der Waals surface area contributed by atoms with E-state index in [1.165, 1.54) is 3.57 Å². The van der Waals surface area contributed by atoms with Gasteiger partial charge < -0.3 is 10.5 Å². The van der Waals surface area contributed by atoms with Crippen molar-refractivity contribution in [1.82, 2.24) is 0 Å². The summed E-state index contributed by atoms with van der Waals surface area (Å²) in [4.78, 5) is 0.239. The molecule has 2 N–H and O–H groups in total. The third-order valence-electron chi connectivity index (χ3n) is 2.53. The van der Waals surface area contributed by atoms with Crippen molar-refractivity contribution < 1.29 is 4.74 Å². The number of hydrogen-bond acceptors (Lipinski definition) is 2. The number of nitrogens with two attached hydrogens (primary N) is 1. The normalized spacial score (nSPS) is 10.2. The highest BCUT2D eigenvalue weighted by molar-refractivity contribution is 14.1. The SMILES string of the molecule is NC(=S)c1c(Cl)cccc1OCc1ccc(I)cc1. The standard InChI is InChI=1S/C14H11ClINOS/c15-11-2-1-3-12(13(11)14(17)19)18-8-9-4-6-10(16)7-5-9/h1-7H,8H2,(H2,17,19). The summed E-state index contributed by atoms with van der Waals surface area (Å²) in [6, 6.07) is 13.5. The molecule has 98 valence electrons. The molecule has 0 aliphatic carbocycles. The van der Waals surface area contributed by atoms with Gasteiger partial charge in [-0.25, -0.2) is 0 Å². The molecule has 5 heteroatoms. The van der Waals surface area contributed by atoms with E-state index in [-0.39, 0.29) is 4.99 Å². The van der Waals surface area contributed by atoms with Crippen LogP contribution in [0.15, 0.2) is 42.5 Å². The molecule has 0 radical (unpaired) electrons. The van der Waals surface area contributed by atoms with Gasteiger partial charge in [0.25, 0.3) is 0 Å². The maximum atomic E-state index is 6.08. The van der Waals surface area contributed by atoms with Gasteiger partial charge in [0, 0.05) is 3.57 Å². The van der Waals surface area contributed by atoms with E-state index in [2.05, 4.69) is 22.6 Å². The molecule has 0 heterocycles. The van der Waals surface area contributed by atoms with Crippen LogP contribution in [-0.2, 0) is 6.61 Å². The molecule has 19 heavy (non-hydrogen) atoms. The lowest BCUT2D eigenvalue weighted by Gasteiger charge is -2.12. The summed E-state index contributed by atoms with van der Waals surface area (Å²) in [5.74, 6) is 0.610. The Bertz CT molecular complexity index is 601. The lowest BCUT2D eigenvalue weighted by molar-refractivity contribution is 0.305. The van der Waals surface area contributed by atoms with E-state index < -0.39 is 0 Å². The Morgan fingerprint density at radius 3 is 2.53 bits per heavy atom. The molecule has 2 aromatic carbocycles. The molecule has 0 fully saturated rings. The van der Waals surface area contributed by atoms with E-state index in [0.717, 1.165) is 5.56 Å². The summed E-state index contributed by atoms with van der Waals surface area (Å²) < 4.78 is 6.94. The molecule has 0 bridgehead atoms. The molecule has 0 saturated heterocycles. The summed E-state index contributed by atoms with van der Waals surface area (Å²) in [5, 5.41) is 0.507. The Kier molecular flexibility index (Phi) is 5.01. The van der Waals surface area contributed by atoms with Gasteiger partial charge in [0.05, 0.1) is 10.6 Å². The summed E-state index contributed by atoms with van der Waals surface area (Å²) in [6.07, 6.45) is 0. The minimum atomic E-state index is 0.239. The first-order valence-electron chi connectivity index (χ1n) is 5.53. The topological polar surface area (TPSA) is 35.2 Å². The van der Waals surface area contributed by atoms with Gasteiger partial charge >= 0.3 is 0 Å². The van der Waals surface area contributed by atoms with Crippen LogP contribution in [0.4, 0.5) is 0 Å². The first-order valence-corrected chi connectivity index (χ1v) is 7.40. The third kappa shape index (κ3) is 3.81. The summed E-state index contributed by atoms with van der Waals surface area (Å²) in [5.41, 5.74) is 7.34. The van der Waals surface area contributed by atoms with Gasteiger partial charge in [0.15, 0.2) is 0 Å². The number of halogens is 2. The summed E-state index contributed by atoms with van der Waals surface area (Å²) in [7, 11) is 0. The van der Waals surface area contributed by atoms with Crippen molar-refractivity contribution in [3.8, 4) is 5.75 Å². The zero-order valence-corrected chi connectivity index (χ0v) is 13.6. The monoisotopic (exact) mass is 403 g/mol. The van der Waals surface area contributed by atoms with Crippen LogP contribution < -0.4 is 10.5 Å². The quantitative estimate of drug-likeness (QED) is 0.615. The third-order valence-corrected chi connectivity index (χ3v) is 3.77. The van der Waals surface area contributed by atoms with Crippen molar-refractivity contribution in [1.29, 1.82) is 0 Å². The zero-order chi connectivity index (χ0) is 13.8. The molecule has 0 saturated carbocycles. The molecular weight excluding hydrogens is 393 g/mol. The van der Waals surface area contributed by atoms with E-state index in [0.29, 0.717) is 22.9 Å². The highest BCUT2D eigenvalue weighted by Gasteiger charge is 2.10. The highest BCUT2D eigenvalue weighted by atomic mass is 127. The Balaban J connectivity index is 2.18. The summed E-state index contributed by atoms with van der Waals surface area (Å²) >= 11 is 13.3. The second-order valence-electron chi connectivity index (χ2n) is 3.89. The molecule has 0 aliphatic heterocycles. The van der Waals surface area contributed by atoms with E-state index in [9.17, 15) is 0 Å². The van der Waals surface area contributed by atoms with Crippen molar-refractivity contribution in [3.05, 3.63) is 62.2 Å². The average Bonchev–Trinajstić information content (AvgIpc) is 2.37. The van der Waals surface area contributed by atoms with Crippen LogP contribution in [0.1, 0.15) is 11.1 Å². The maximum Gasteiger partial charge on any atom is 0.131 e. The number of hydrogen-bond donors (Lipinski definition) is 1. The molecule has 0 atom stereocenters. The fourth-order valence-corrected chi connectivity index (χ4v) is 2.50. The van der Waals surface area contributed by atoms with Crippen LogP contribution in [-0.4, -0.2) is 4.99 Å². The van der Waals surface area contributed by atoms with Crippen molar-refractivity contribution in [2.24, 2.45) is 5.73 Å². The molecule has 2 rings (SSSR count). The molecule has 0 aromatic heterocycles. The van der Waals surface area contributed by atoms with Gasteiger partial charge in [0.1, 0.15) is 17.3 Å². The van der Waals surface area contributed by atoms with E-state index in [1.54, 1.807) is 6.07 Å². The molecular formula is C14H11ClINOS.